The standard InChI is InChI=1S/C20H24N2O2S/c1-3-22(4-2)14-10-9-13-11-15(20(23)24-17(13)12-14)19-21-16-7-5-6-8-18(16)25-19/h9-12,16,18H,3-8H2,1-2H3. The Morgan fingerprint density at radius 2 is 2.00 bits per heavy atom. The van der Waals surface area contributed by atoms with E-state index in [0.29, 0.717) is 22.4 Å². The van der Waals surface area contributed by atoms with E-state index in [4.69, 9.17) is 9.41 Å². The molecule has 5 heteroatoms. The van der Waals surface area contributed by atoms with E-state index in [1.807, 2.05) is 18.2 Å². The Kier molecular flexibility index (Phi) is 4.59. The summed E-state index contributed by atoms with van der Waals surface area (Å²) in [5, 5.41) is 2.38. The number of hydrogen-bond acceptors (Lipinski definition) is 5. The number of thioether (sulfide) groups is 1. The van der Waals surface area contributed by atoms with Gasteiger partial charge in [-0.1, -0.05) is 12.8 Å². The molecular formula is C20H24N2O2S. The molecule has 4 rings (SSSR count). The maximum Gasteiger partial charge on any atom is 0.346 e. The van der Waals surface area contributed by atoms with Crippen LogP contribution in [0.4, 0.5) is 5.69 Å². The van der Waals surface area contributed by atoms with E-state index in [2.05, 4.69) is 24.8 Å². The molecule has 0 spiro atoms. The topological polar surface area (TPSA) is 45.8 Å². The van der Waals surface area contributed by atoms with E-state index in [-0.39, 0.29) is 5.63 Å². The summed E-state index contributed by atoms with van der Waals surface area (Å²) in [6, 6.07) is 8.45. The molecule has 0 saturated heterocycles. The van der Waals surface area contributed by atoms with Crippen LogP contribution in [0.25, 0.3) is 11.0 Å². The maximum absolute atomic E-state index is 12.6. The average Bonchev–Trinajstić information content (AvgIpc) is 3.06. The van der Waals surface area contributed by atoms with Crippen LogP contribution in [-0.2, 0) is 0 Å². The van der Waals surface area contributed by atoms with Crippen molar-refractivity contribution in [3.8, 4) is 0 Å². The second-order valence-electron chi connectivity index (χ2n) is 6.78. The van der Waals surface area contributed by atoms with Crippen LogP contribution in [-0.4, -0.2) is 29.4 Å². The van der Waals surface area contributed by atoms with Crippen LogP contribution < -0.4 is 10.5 Å². The third-order valence-corrected chi connectivity index (χ3v) is 6.69. The fourth-order valence-corrected chi connectivity index (χ4v) is 5.25. The van der Waals surface area contributed by atoms with E-state index in [9.17, 15) is 4.79 Å². The third-order valence-electron chi connectivity index (χ3n) is 5.29. The van der Waals surface area contributed by atoms with Gasteiger partial charge in [0.1, 0.15) is 10.6 Å². The monoisotopic (exact) mass is 356 g/mol. The maximum atomic E-state index is 12.6. The SMILES string of the molecule is CCN(CC)c1ccc2cc(C3=NC4CCCCC4S3)c(=O)oc2c1. The fraction of sp³-hybridized carbons (Fsp3) is 0.500. The highest BCUT2D eigenvalue weighted by atomic mass is 32.2. The van der Waals surface area contributed by atoms with Gasteiger partial charge in [0.05, 0.1) is 11.6 Å². The van der Waals surface area contributed by atoms with Crippen molar-refractivity contribution in [1.82, 2.24) is 0 Å². The number of fused-ring (bicyclic) bond motifs is 2. The number of aliphatic imine (C=N–C) groups is 1. The van der Waals surface area contributed by atoms with Crippen molar-refractivity contribution in [3.05, 3.63) is 40.2 Å². The molecule has 2 aromatic rings. The van der Waals surface area contributed by atoms with Crippen molar-refractivity contribution in [3.63, 3.8) is 0 Å². The van der Waals surface area contributed by atoms with Gasteiger partial charge in [0.15, 0.2) is 0 Å². The largest absolute Gasteiger partial charge is 0.422 e. The first-order valence-corrected chi connectivity index (χ1v) is 10.1. The number of nitrogens with zero attached hydrogens (tertiary/aromatic N) is 2. The number of hydrogen-bond donors (Lipinski definition) is 0. The summed E-state index contributed by atoms with van der Waals surface area (Å²) in [7, 11) is 0. The van der Waals surface area contributed by atoms with Gasteiger partial charge >= 0.3 is 5.63 Å². The number of benzene rings is 1. The first kappa shape index (κ1) is 16.7. The first-order chi connectivity index (χ1) is 12.2. The summed E-state index contributed by atoms with van der Waals surface area (Å²) in [4.78, 5) is 19.6. The highest BCUT2D eigenvalue weighted by Gasteiger charge is 2.33. The van der Waals surface area contributed by atoms with E-state index in [0.717, 1.165) is 35.6 Å². The van der Waals surface area contributed by atoms with Gasteiger partial charge in [-0.15, -0.1) is 11.8 Å². The zero-order chi connectivity index (χ0) is 17.4. The quantitative estimate of drug-likeness (QED) is 0.760. The van der Waals surface area contributed by atoms with Crippen molar-refractivity contribution in [2.45, 2.75) is 50.8 Å². The lowest BCUT2D eigenvalue weighted by Gasteiger charge is -2.21. The molecule has 1 aliphatic carbocycles. The van der Waals surface area contributed by atoms with Crippen LogP contribution in [0, 0.1) is 0 Å². The highest BCUT2D eigenvalue weighted by molar-refractivity contribution is 8.15. The molecule has 0 bridgehead atoms. The molecule has 1 aromatic heterocycles. The minimum Gasteiger partial charge on any atom is -0.422 e. The van der Waals surface area contributed by atoms with Gasteiger partial charge in [-0.25, -0.2) is 4.79 Å². The molecule has 0 radical (unpaired) electrons. The van der Waals surface area contributed by atoms with Crippen molar-refractivity contribution in [2.75, 3.05) is 18.0 Å². The molecule has 0 amide bonds. The molecule has 1 aromatic carbocycles. The van der Waals surface area contributed by atoms with Crippen molar-refractivity contribution in [1.29, 1.82) is 0 Å². The van der Waals surface area contributed by atoms with E-state index >= 15 is 0 Å². The normalized spacial score (nSPS) is 22.7. The molecule has 2 aliphatic rings. The number of rotatable bonds is 4. The van der Waals surface area contributed by atoms with Gasteiger partial charge < -0.3 is 9.32 Å². The van der Waals surface area contributed by atoms with Gasteiger partial charge in [-0.3, -0.25) is 4.99 Å². The van der Waals surface area contributed by atoms with Crippen molar-refractivity contribution >= 4 is 33.5 Å². The molecular weight excluding hydrogens is 332 g/mol. The molecule has 1 saturated carbocycles. The highest BCUT2D eigenvalue weighted by Crippen LogP contribution is 2.38. The molecule has 0 N–H and O–H groups in total. The summed E-state index contributed by atoms with van der Waals surface area (Å²) in [5.41, 5.74) is 2.10. The summed E-state index contributed by atoms with van der Waals surface area (Å²) in [6.45, 7) is 6.12. The van der Waals surface area contributed by atoms with Crippen LogP contribution in [0.15, 0.2) is 38.5 Å². The summed E-state index contributed by atoms with van der Waals surface area (Å²) >= 11 is 1.77. The lowest BCUT2D eigenvalue weighted by atomic mass is 9.95. The fourth-order valence-electron chi connectivity index (χ4n) is 3.85. The van der Waals surface area contributed by atoms with E-state index in [1.54, 1.807) is 11.8 Å². The molecule has 2 heterocycles. The predicted molar refractivity (Wildman–Crippen MR) is 106 cm³/mol. The van der Waals surface area contributed by atoms with Crippen molar-refractivity contribution < 1.29 is 4.42 Å². The lowest BCUT2D eigenvalue weighted by molar-refractivity contribution is 0.462. The second-order valence-corrected chi connectivity index (χ2v) is 8.01. The minimum atomic E-state index is -0.269. The Labute approximate surface area is 152 Å². The Hall–Kier alpha value is -1.75. The first-order valence-electron chi connectivity index (χ1n) is 9.27. The van der Waals surface area contributed by atoms with Gasteiger partial charge in [-0.2, -0.15) is 0 Å². The Bertz CT molecular complexity index is 870. The lowest BCUT2D eigenvalue weighted by Crippen LogP contribution is -2.21. The molecule has 1 aliphatic heterocycles. The molecule has 25 heavy (non-hydrogen) atoms. The van der Waals surface area contributed by atoms with Crippen LogP contribution in [0.3, 0.4) is 0 Å². The molecule has 2 atom stereocenters. The zero-order valence-electron chi connectivity index (χ0n) is 14.8. The Morgan fingerprint density at radius 3 is 2.76 bits per heavy atom. The van der Waals surface area contributed by atoms with Crippen LogP contribution in [0.2, 0.25) is 0 Å². The zero-order valence-corrected chi connectivity index (χ0v) is 15.6. The van der Waals surface area contributed by atoms with E-state index in [1.165, 1.54) is 19.3 Å². The van der Waals surface area contributed by atoms with E-state index < -0.39 is 0 Å². The predicted octanol–water partition coefficient (Wildman–Crippen LogP) is 4.44. The minimum absolute atomic E-state index is 0.269. The Balaban J connectivity index is 1.71. The van der Waals surface area contributed by atoms with Gasteiger partial charge in [0.2, 0.25) is 0 Å². The van der Waals surface area contributed by atoms with Gasteiger partial charge in [0.25, 0.3) is 0 Å². The van der Waals surface area contributed by atoms with Crippen molar-refractivity contribution in [2.24, 2.45) is 4.99 Å². The van der Waals surface area contributed by atoms with Crippen LogP contribution >= 0.6 is 11.8 Å². The summed E-state index contributed by atoms with van der Waals surface area (Å²) in [5.74, 6) is 0. The van der Waals surface area contributed by atoms with Gasteiger partial charge in [0, 0.05) is 35.5 Å². The van der Waals surface area contributed by atoms with Crippen LogP contribution in [0.5, 0.6) is 0 Å². The van der Waals surface area contributed by atoms with Crippen LogP contribution in [0.1, 0.15) is 45.1 Å². The average molecular weight is 356 g/mol. The molecule has 132 valence electrons. The van der Waals surface area contributed by atoms with Gasteiger partial charge in [-0.05, 0) is 44.9 Å². The molecule has 4 nitrogen and oxygen atoms in total. The smallest absolute Gasteiger partial charge is 0.346 e. The third kappa shape index (κ3) is 3.10. The molecule has 1 fully saturated rings. The number of anilines is 1. The second kappa shape index (κ2) is 6.87. The Morgan fingerprint density at radius 1 is 1.20 bits per heavy atom. The molecule has 2 unspecified atom stereocenters. The summed E-state index contributed by atoms with van der Waals surface area (Å²) in [6.07, 6.45) is 4.87. The summed E-state index contributed by atoms with van der Waals surface area (Å²) < 4.78 is 5.66.